The van der Waals surface area contributed by atoms with Crippen LogP contribution in [0.2, 0.25) is 0 Å². The Hall–Kier alpha value is -4.32. The van der Waals surface area contributed by atoms with Crippen LogP contribution in [0, 0.1) is 5.82 Å². The largest absolute Gasteiger partial charge is 0.376 e. The van der Waals surface area contributed by atoms with Crippen LogP contribution >= 0.6 is 0 Å². The Morgan fingerprint density at radius 3 is 2.83 bits per heavy atom. The van der Waals surface area contributed by atoms with Crippen molar-refractivity contribution in [2.45, 2.75) is 31.4 Å². The van der Waals surface area contributed by atoms with E-state index in [9.17, 15) is 14.0 Å². The molecule has 12 heteroatoms. The molecule has 3 N–H and O–H groups in total. The summed E-state index contributed by atoms with van der Waals surface area (Å²) in [6.45, 7) is 1.96. The third-order valence-corrected chi connectivity index (χ3v) is 6.59. The van der Waals surface area contributed by atoms with Gasteiger partial charge in [-0.1, -0.05) is 0 Å². The van der Waals surface area contributed by atoms with E-state index < -0.39 is 17.0 Å². The molecule has 4 heterocycles. The Kier molecular flexibility index (Phi) is 5.88. The van der Waals surface area contributed by atoms with E-state index in [1.165, 1.54) is 35.2 Å². The van der Waals surface area contributed by atoms with Gasteiger partial charge in [-0.2, -0.15) is 9.61 Å². The number of carbonyl (C=O) groups excluding carboxylic acids is 1. The third-order valence-electron chi connectivity index (χ3n) is 6.59. The molecular formula is C24H25FN8O3. The molecule has 1 aliphatic rings. The minimum atomic E-state index is -0.625. The molecule has 1 saturated carbocycles. The van der Waals surface area contributed by atoms with E-state index in [0.29, 0.717) is 17.3 Å². The maximum absolute atomic E-state index is 14.2. The first-order chi connectivity index (χ1) is 17.3. The number of hydrogen-bond acceptors (Lipinski definition) is 8. The quantitative estimate of drug-likeness (QED) is 0.359. The second kappa shape index (κ2) is 9.04. The average Bonchev–Trinajstić information content (AvgIpc) is 3.31. The number of carbonyl (C=O) groups is 1. The van der Waals surface area contributed by atoms with E-state index in [2.05, 4.69) is 31.0 Å². The molecule has 0 spiro atoms. The number of ether oxygens (including phenoxy) is 1. The smallest absolute Gasteiger partial charge is 0.280 e. The zero-order valence-corrected chi connectivity index (χ0v) is 19.9. The van der Waals surface area contributed by atoms with Gasteiger partial charge in [0.25, 0.3) is 11.5 Å². The van der Waals surface area contributed by atoms with Crippen LogP contribution in [0.1, 0.15) is 30.1 Å². The fourth-order valence-corrected chi connectivity index (χ4v) is 4.21. The van der Waals surface area contributed by atoms with Gasteiger partial charge in [-0.25, -0.2) is 14.4 Å². The number of anilines is 3. The lowest BCUT2D eigenvalue weighted by Crippen LogP contribution is -2.59. The lowest BCUT2D eigenvalue weighted by Gasteiger charge is -2.45. The minimum Gasteiger partial charge on any atom is -0.376 e. The number of amides is 1. The maximum atomic E-state index is 14.2. The fourth-order valence-electron chi connectivity index (χ4n) is 4.21. The highest BCUT2D eigenvalue weighted by atomic mass is 19.1. The summed E-state index contributed by atoms with van der Waals surface area (Å²) < 4.78 is 22.4. The Bertz CT molecular complexity index is 1510. The predicted octanol–water partition coefficient (Wildman–Crippen LogP) is 2.50. The van der Waals surface area contributed by atoms with Gasteiger partial charge >= 0.3 is 0 Å². The topological polar surface area (TPSA) is 127 Å². The van der Waals surface area contributed by atoms with Gasteiger partial charge in [0.2, 0.25) is 0 Å². The van der Waals surface area contributed by atoms with Gasteiger partial charge in [0, 0.05) is 32.6 Å². The Labute approximate surface area is 205 Å². The number of pyridine rings is 2. The first-order valence-corrected chi connectivity index (χ1v) is 11.4. The first-order valence-electron chi connectivity index (χ1n) is 11.4. The van der Waals surface area contributed by atoms with Crippen LogP contribution < -0.4 is 21.5 Å². The number of nitrogens with one attached hydrogen (secondary N) is 3. The summed E-state index contributed by atoms with van der Waals surface area (Å²) in [4.78, 5) is 34.7. The molecule has 11 nitrogen and oxygen atoms in total. The maximum Gasteiger partial charge on any atom is 0.280 e. The van der Waals surface area contributed by atoms with Crippen molar-refractivity contribution in [3.63, 3.8) is 0 Å². The second-order valence-corrected chi connectivity index (χ2v) is 8.68. The van der Waals surface area contributed by atoms with E-state index in [1.807, 2.05) is 6.92 Å². The van der Waals surface area contributed by atoms with Gasteiger partial charge in [0.15, 0.2) is 17.3 Å². The van der Waals surface area contributed by atoms with Gasteiger partial charge in [-0.15, -0.1) is 0 Å². The summed E-state index contributed by atoms with van der Waals surface area (Å²) in [5, 5.41) is 13.3. The number of halogens is 1. The average molecular weight is 493 g/mol. The summed E-state index contributed by atoms with van der Waals surface area (Å²) in [6, 6.07) is 7.35. The van der Waals surface area contributed by atoms with Crippen molar-refractivity contribution in [3.05, 3.63) is 70.7 Å². The van der Waals surface area contributed by atoms with E-state index in [-0.39, 0.29) is 29.0 Å². The number of nitrogens with zero attached hydrogens (tertiary/aromatic N) is 5. The summed E-state index contributed by atoms with van der Waals surface area (Å²) in [6.07, 6.45) is 5.96. The molecule has 36 heavy (non-hydrogen) atoms. The molecule has 1 aliphatic carbocycles. The van der Waals surface area contributed by atoms with Crippen LogP contribution in [-0.2, 0) is 4.74 Å². The molecule has 0 aliphatic heterocycles. The highest BCUT2D eigenvalue weighted by molar-refractivity contribution is 6.00. The summed E-state index contributed by atoms with van der Waals surface area (Å²) in [5.74, 6) is -0.224. The second-order valence-electron chi connectivity index (χ2n) is 8.68. The molecule has 5 rings (SSSR count). The number of hydrogen-bond donors (Lipinski definition) is 3. The van der Waals surface area contributed by atoms with Gasteiger partial charge in [0.05, 0.1) is 17.8 Å². The molecule has 4 aromatic rings. The number of aromatic nitrogens is 5. The lowest BCUT2D eigenvalue weighted by molar-refractivity contribution is -0.0828. The van der Waals surface area contributed by atoms with E-state index >= 15 is 0 Å². The molecule has 1 fully saturated rings. The Morgan fingerprint density at radius 2 is 2.14 bits per heavy atom. The van der Waals surface area contributed by atoms with Gasteiger partial charge in [-0.05, 0) is 44.0 Å². The molecule has 0 radical (unpaired) electrons. The highest BCUT2D eigenvalue weighted by Gasteiger charge is 2.44. The van der Waals surface area contributed by atoms with Crippen LogP contribution in [0.4, 0.5) is 21.7 Å². The van der Waals surface area contributed by atoms with Gasteiger partial charge in [-0.3, -0.25) is 14.2 Å². The SMILES string of the molecule is CNc1cc(Nc2cccn(-c3ncccc3F)c2=O)nc2c(C(=O)N[C@@H]3CC[C@@]3(C)OC)cnn12. The van der Waals surface area contributed by atoms with E-state index in [1.54, 1.807) is 32.4 Å². The van der Waals surface area contributed by atoms with Crippen LogP contribution in [0.5, 0.6) is 0 Å². The summed E-state index contributed by atoms with van der Waals surface area (Å²) in [7, 11) is 3.34. The molecular weight excluding hydrogens is 467 g/mol. The van der Waals surface area contributed by atoms with E-state index in [4.69, 9.17) is 4.74 Å². The zero-order chi connectivity index (χ0) is 25.4. The van der Waals surface area contributed by atoms with Crippen molar-refractivity contribution >= 4 is 28.9 Å². The minimum absolute atomic E-state index is 0.112. The van der Waals surface area contributed by atoms with Crippen LogP contribution in [-0.4, -0.2) is 55.9 Å². The first kappa shape index (κ1) is 23.4. The van der Waals surface area contributed by atoms with Crippen LogP contribution in [0.15, 0.2) is 53.7 Å². The van der Waals surface area contributed by atoms with Crippen molar-refractivity contribution < 1.29 is 13.9 Å². The highest BCUT2D eigenvalue weighted by Crippen LogP contribution is 2.35. The molecule has 1 amide bonds. The van der Waals surface area contributed by atoms with Gasteiger partial charge < -0.3 is 20.7 Å². The molecule has 0 saturated heterocycles. The molecule has 0 unspecified atom stereocenters. The monoisotopic (exact) mass is 492 g/mol. The molecule has 2 atom stereocenters. The summed E-state index contributed by atoms with van der Waals surface area (Å²) >= 11 is 0. The number of methoxy groups -OCH3 is 1. The predicted molar refractivity (Wildman–Crippen MR) is 132 cm³/mol. The van der Waals surface area contributed by atoms with Crippen molar-refractivity contribution in [1.29, 1.82) is 0 Å². The normalized spacial score (nSPS) is 19.1. The van der Waals surface area contributed by atoms with Crippen molar-refractivity contribution in [2.75, 3.05) is 24.8 Å². The molecule has 0 aromatic carbocycles. The van der Waals surface area contributed by atoms with Crippen molar-refractivity contribution in [2.24, 2.45) is 0 Å². The van der Waals surface area contributed by atoms with Crippen LogP contribution in [0.3, 0.4) is 0 Å². The van der Waals surface area contributed by atoms with Crippen molar-refractivity contribution in [1.82, 2.24) is 29.5 Å². The van der Waals surface area contributed by atoms with E-state index in [0.717, 1.165) is 17.4 Å². The molecule has 0 bridgehead atoms. The number of fused-ring (bicyclic) bond motifs is 1. The third kappa shape index (κ3) is 3.94. The lowest BCUT2D eigenvalue weighted by atomic mass is 9.76. The Morgan fingerprint density at radius 1 is 1.31 bits per heavy atom. The van der Waals surface area contributed by atoms with Crippen molar-refractivity contribution in [3.8, 4) is 5.82 Å². The standard InChI is InChI=1S/C24H25FN8O3/c1-24(36-3)9-8-17(24)30-22(34)14-13-28-33-19(26-2)12-18(31-20(14)33)29-16-7-5-11-32(23(16)35)21-15(25)6-4-10-27-21/h4-7,10-13,17,26H,8-9H2,1-3H3,(H,29,31)(H,30,34)/t17-,24-/m1/s1. The Balaban J connectivity index is 1.49. The van der Waals surface area contributed by atoms with Gasteiger partial charge in [0.1, 0.15) is 22.9 Å². The molecule has 4 aromatic heterocycles. The number of rotatable bonds is 7. The molecule has 186 valence electrons. The van der Waals surface area contributed by atoms with Crippen LogP contribution in [0.25, 0.3) is 11.5 Å². The summed E-state index contributed by atoms with van der Waals surface area (Å²) in [5.41, 5.74) is -0.195. The fraction of sp³-hybridized carbons (Fsp3) is 0.292. The zero-order valence-electron chi connectivity index (χ0n) is 19.9.